The highest BCUT2D eigenvalue weighted by Gasteiger charge is 2.03. The molecule has 8 heteroatoms. The topological polar surface area (TPSA) is 122 Å². The van der Waals surface area contributed by atoms with E-state index in [1.165, 1.54) is 24.4 Å². The fraction of sp³-hybridized carbons (Fsp3) is 0. The maximum absolute atomic E-state index is 10.7. The Hall–Kier alpha value is -1.93. The number of nitrogens with two attached hydrogens (primary N) is 1. The number of nitrogens with one attached hydrogen (secondary N) is 1. The number of aliphatic carboxylic acids is 1. The van der Waals surface area contributed by atoms with Crippen molar-refractivity contribution in [3.8, 4) is 0 Å². The first kappa shape index (κ1) is 12.1. The molecule has 0 fully saturated rings. The van der Waals surface area contributed by atoms with E-state index in [1.807, 2.05) is 4.72 Å². The van der Waals surface area contributed by atoms with E-state index in [2.05, 4.69) is 4.98 Å². The van der Waals surface area contributed by atoms with E-state index in [0.29, 0.717) is 5.56 Å². The van der Waals surface area contributed by atoms with Crippen LogP contribution in [0.3, 0.4) is 0 Å². The molecule has 0 radical (unpaired) electrons. The molecular weight excluding hydrogens is 234 g/mol. The zero-order valence-corrected chi connectivity index (χ0v) is 8.81. The molecule has 1 aromatic rings. The van der Waals surface area contributed by atoms with Gasteiger partial charge >= 0.3 is 5.97 Å². The van der Waals surface area contributed by atoms with Crippen LogP contribution in [0.1, 0.15) is 5.56 Å². The number of pyridine rings is 1. The van der Waals surface area contributed by atoms with Crippen molar-refractivity contribution in [2.45, 2.75) is 0 Å². The zero-order chi connectivity index (χ0) is 12.2. The van der Waals surface area contributed by atoms with Crippen molar-refractivity contribution >= 4 is 28.1 Å². The van der Waals surface area contributed by atoms with Gasteiger partial charge in [0.25, 0.3) is 10.2 Å². The van der Waals surface area contributed by atoms with Crippen molar-refractivity contribution in [3.05, 3.63) is 30.0 Å². The molecule has 4 N–H and O–H groups in total. The highest BCUT2D eigenvalue weighted by molar-refractivity contribution is 7.90. The largest absolute Gasteiger partial charge is 0.478 e. The van der Waals surface area contributed by atoms with Gasteiger partial charge in [-0.3, -0.25) is 4.72 Å². The lowest BCUT2D eigenvalue weighted by Crippen LogP contribution is -2.22. The van der Waals surface area contributed by atoms with Crippen LogP contribution in [0.15, 0.2) is 24.4 Å². The number of carboxylic acids is 1. The molecule has 0 aliphatic rings. The van der Waals surface area contributed by atoms with Crippen LogP contribution < -0.4 is 9.86 Å². The lowest BCUT2D eigenvalue weighted by Gasteiger charge is -2.02. The normalized spacial score (nSPS) is 11.6. The number of rotatable bonds is 4. The minimum absolute atomic E-state index is 0.0232. The van der Waals surface area contributed by atoms with Gasteiger partial charge in [0.1, 0.15) is 5.82 Å². The second kappa shape index (κ2) is 4.73. The molecule has 86 valence electrons. The lowest BCUT2D eigenvalue weighted by atomic mass is 10.2. The standard InChI is InChI=1S/C8H9N3O4S/c9-16(14,15)11-7-5-6(3-4-10-7)1-2-8(12)13/h1-5H,(H,10,11)(H,12,13)(H2,9,14,15)/b2-1+. The second-order valence-corrected chi connectivity index (χ2v) is 4.09. The maximum Gasteiger partial charge on any atom is 0.328 e. The number of hydrogen-bond donors (Lipinski definition) is 3. The first-order valence-corrected chi connectivity index (χ1v) is 5.59. The van der Waals surface area contributed by atoms with Gasteiger partial charge in [-0.05, 0) is 23.8 Å². The first-order chi connectivity index (χ1) is 7.37. The fourth-order valence-electron chi connectivity index (χ4n) is 0.920. The van der Waals surface area contributed by atoms with E-state index in [1.54, 1.807) is 0 Å². The SMILES string of the molecule is NS(=O)(=O)Nc1cc(/C=C/C(=O)O)ccn1. The Morgan fingerprint density at radius 2 is 2.25 bits per heavy atom. The summed E-state index contributed by atoms with van der Waals surface area (Å²) >= 11 is 0. The Kier molecular flexibility index (Phi) is 3.59. The van der Waals surface area contributed by atoms with Crippen molar-refractivity contribution < 1.29 is 18.3 Å². The molecule has 1 heterocycles. The van der Waals surface area contributed by atoms with Gasteiger partial charge in [0, 0.05) is 12.3 Å². The Bertz CT molecular complexity index is 524. The molecule has 0 aromatic carbocycles. The Labute approximate surface area is 91.8 Å². The summed E-state index contributed by atoms with van der Waals surface area (Å²) in [5.74, 6) is -1.08. The summed E-state index contributed by atoms with van der Waals surface area (Å²) in [5.41, 5.74) is 0.489. The van der Waals surface area contributed by atoms with Crippen LogP contribution in [0.5, 0.6) is 0 Å². The van der Waals surface area contributed by atoms with Crippen molar-refractivity contribution in [3.63, 3.8) is 0 Å². The quantitative estimate of drug-likeness (QED) is 0.632. The highest BCUT2D eigenvalue weighted by Crippen LogP contribution is 2.08. The van der Waals surface area contributed by atoms with Crippen LogP contribution >= 0.6 is 0 Å². The Balaban J connectivity index is 2.91. The summed E-state index contributed by atoms with van der Waals surface area (Å²) in [7, 11) is -3.88. The third-order valence-corrected chi connectivity index (χ3v) is 1.94. The van der Waals surface area contributed by atoms with Crippen molar-refractivity contribution in [1.29, 1.82) is 0 Å². The average molecular weight is 243 g/mol. The maximum atomic E-state index is 10.7. The summed E-state index contributed by atoms with van der Waals surface area (Å²) in [6.45, 7) is 0. The summed E-state index contributed by atoms with van der Waals surface area (Å²) < 4.78 is 23.4. The van der Waals surface area contributed by atoms with E-state index >= 15 is 0 Å². The monoisotopic (exact) mass is 243 g/mol. The number of carbonyl (C=O) groups is 1. The predicted octanol–water partition coefficient (Wildman–Crippen LogP) is -0.205. The van der Waals surface area contributed by atoms with Crippen LogP contribution in [-0.2, 0) is 15.0 Å². The van der Waals surface area contributed by atoms with Crippen LogP contribution in [0.25, 0.3) is 6.08 Å². The molecule has 0 spiro atoms. The van der Waals surface area contributed by atoms with Crippen LogP contribution in [0, 0.1) is 0 Å². The number of nitrogens with zero attached hydrogens (tertiary/aromatic N) is 1. The van der Waals surface area contributed by atoms with E-state index in [0.717, 1.165) is 6.08 Å². The molecule has 1 rings (SSSR count). The minimum atomic E-state index is -3.88. The fourth-order valence-corrected chi connectivity index (χ4v) is 1.32. The minimum Gasteiger partial charge on any atom is -0.478 e. The molecule has 16 heavy (non-hydrogen) atoms. The van der Waals surface area contributed by atoms with Gasteiger partial charge in [0.2, 0.25) is 0 Å². The van der Waals surface area contributed by atoms with E-state index in [9.17, 15) is 13.2 Å². The third-order valence-electron chi connectivity index (χ3n) is 1.45. The zero-order valence-electron chi connectivity index (χ0n) is 7.99. The van der Waals surface area contributed by atoms with Gasteiger partial charge in [0.15, 0.2) is 0 Å². The van der Waals surface area contributed by atoms with Crippen molar-refractivity contribution in [2.75, 3.05) is 4.72 Å². The van der Waals surface area contributed by atoms with Gasteiger partial charge < -0.3 is 5.11 Å². The number of aromatic nitrogens is 1. The molecule has 0 bridgehead atoms. The molecule has 7 nitrogen and oxygen atoms in total. The molecule has 0 atom stereocenters. The molecule has 0 saturated carbocycles. The molecular formula is C8H9N3O4S. The van der Waals surface area contributed by atoms with Gasteiger partial charge in [-0.2, -0.15) is 8.42 Å². The summed E-state index contributed by atoms with van der Waals surface area (Å²) in [5, 5.41) is 13.1. The molecule has 0 aliphatic heterocycles. The molecule has 0 saturated heterocycles. The molecule has 1 aromatic heterocycles. The Morgan fingerprint density at radius 1 is 1.56 bits per heavy atom. The number of hydrogen-bond acceptors (Lipinski definition) is 4. The summed E-state index contributed by atoms with van der Waals surface area (Å²) in [6.07, 6.45) is 3.56. The van der Waals surface area contributed by atoms with Gasteiger partial charge in [-0.15, -0.1) is 0 Å². The first-order valence-electron chi connectivity index (χ1n) is 4.04. The molecule has 0 unspecified atom stereocenters. The van der Waals surface area contributed by atoms with E-state index in [-0.39, 0.29) is 5.82 Å². The summed E-state index contributed by atoms with van der Waals surface area (Å²) in [6, 6.07) is 2.87. The lowest BCUT2D eigenvalue weighted by molar-refractivity contribution is -0.131. The smallest absolute Gasteiger partial charge is 0.328 e. The van der Waals surface area contributed by atoms with E-state index in [4.69, 9.17) is 10.2 Å². The average Bonchev–Trinajstić information content (AvgIpc) is 2.12. The molecule has 0 amide bonds. The second-order valence-electron chi connectivity index (χ2n) is 2.79. The van der Waals surface area contributed by atoms with Crippen molar-refractivity contribution in [2.24, 2.45) is 5.14 Å². The third kappa shape index (κ3) is 4.53. The predicted molar refractivity (Wildman–Crippen MR) is 57.6 cm³/mol. The van der Waals surface area contributed by atoms with Crippen LogP contribution in [0.2, 0.25) is 0 Å². The van der Waals surface area contributed by atoms with Gasteiger partial charge in [-0.1, -0.05) is 0 Å². The van der Waals surface area contributed by atoms with Crippen LogP contribution in [-0.4, -0.2) is 24.5 Å². The highest BCUT2D eigenvalue weighted by atomic mass is 32.2. The van der Waals surface area contributed by atoms with Crippen LogP contribution in [0.4, 0.5) is 5.82 Å². The van der Waals surface area contributed by atoms with E-state index < -0.39 is 16.2 Å². The van der Waals surface area contributed by atoms with Gasteiger partial charge in [0.05, 0.1) is 0 Å². The Morgan fingerprint density at radius 3 is 2.81 bits per heavy atom. The number of anilines is 1. The summed E-state index contributed by atoms with van der Waals surface area (Å²) in [4.78, 5) is 14.0. The van der Waals surface area contributed by atoms with Crippen molar-refractivity contribution in [1.82, 2.24) is 4.98 Å². The number of carboxylic acid groups (broad SMARTS) is 1. The molecule has 0 aliphatic carbocycles. The van der Waals surface area contributed by atoms with Gasteiger partial charge in [-0.25, -0.2) is 14.9 Å².